The summed E-state index contributed by atoms with van der Waals surface area (Å²) in [6.07, 6.45) is 3.24. The van der Waals surface area contributed by atoms with E-state index in [2.05, 4.69) is 25.9 Å². The number of carbonyl (C=O) groups is 1. The Morgan fingerprint density at radius 3 is 2.79 bits per heavy atom. The van der Waals surface area contributed by atoms with E-state index in [1.165, 1.54) is 11.0 Å². The normalized spacial score (nSPS) is 11.0. The number of anilines is 1. The van der Waals surface area contributed by atoms with Crippen LogP contribution in [0.4, 0.5) is 13.9 Å². The first kappa shape index (κ1) is 19.9. The molecule has 0 saturated heterocycles. The Balaban J connectivity index is 1.83. The average molecular weight is 495 g/mol. The van der Waals surface area contributed by atoms with Gasteiger partial charge in [0.2, 0.25) is 0 Å². The summed E-state index contributed by atoms with van der Waals surface area (Å²) in [5.41, 5.74) is 1.02. The number of pyridine rings is 1. The lowest BCUT2D eigenvalue weighted by Crippen LogP contribution is -2.30. The van der Waals surface area contributed by atoms with Gasteiger partial charge in [0.15, 0.2) is 10.9 Å². The molecule has 4 nitrogen and oxygen atoms in total. The number of thiazole rings is 1. The van der Waals surface area contributed by atoms with Gasteiger partial charge < -0.3 is 0 Å². The lowest BCUT2D eigenvalue weighted by Gasteiger charge is -2.20. The first-order valence-electron chi connectivity index (χ1n) is 8.34. The van der Waals surface area contributed by atoms with Gasteiger partial charge in [-0.25, -0.2) is 13.8 Å². The van der Waals surface area contributed by atoms with Crippen molar-refractivity contribution in [3.8, 4) is 0 Å². The minimum Gasteiger partial charge on any atom is -0.279 e. The zero-order valence-corrected chi connectivity index (χ0v) is 17.7. The number of aromatic nitrogens is 2. The van der Waals surface area contributed by atoms with Crippen LogP contribution in [0.1, 0.15) is 15.9 Å². The van der Waals surface area contributed by atoms with Crippen molar-refractivity contribution >= 4 is 60.1 Å². The number of carbonyl (C=O) groups excluding carboxylic acids is 1. The van der Waals surface area contributed by atoms with Crippen LogP contribution in [0.2, 0.25) is 5.02 Å². The van der Waals surface area contributed by atoms with Crippen LogP contribution in [0, 0.1) is 11.6 Å². The Hall–Kier alpha value is -2.42. The molecule has 2 heterocycles. The van der Waals surface area contributed by atoms with Crippen LogP contribution in [0.15, 0.2) is 59.3 Å². The Morgan fingerprint density at radius 1 is 1.21 bits per heavy atom. The van der Waals surface area contributed by atoms with Gasteiger partial charge in [-0.05, 0) is 35.9 Å². The number of rotatable bonds is 4. The molecule has 0 bridgehead atoms. The fourth-order valence-electron chi connectivity index (χ4n) is 2.77. The minimum absolute atomic E-state index is 0.00993. The Labute approximate surface area is 181 Å². The summed E-state index contributed by atoms with van der Waals surface area (Å²) in [6.45, 7) is 0.138. The van der Waals surface area contributed by atoms with E-state index in [4.69, 9.17) is 11.6 Å². The quantitative estimate of drug-likeness (QED) is 0.338. The first-order valence-corrected chi connectivity index (χ1v) is 10.3. The fraction of sp³-hybridized carbons (Fsp3) is 0.0500. The monoisotopic (exact) mass is 493 g/mol. The molecule has 0 N–H and O–H groups in total. The molecule has 2 aromatic carbocycles. The third-order valence-corrected chi connectivity index (χ3v) is 5.95. The fourth-order valence-corrected chi connectivity index (χ4v) is 4.33. The van der Waals surface area contributed by atoms with Gasteiger partial charge in [0.25, 0.3) is 5.91 Å². The van der Waals surface area contributed by atoms with Crippen LogP contribution < -0.4 is 4.90 Å². The maximum Gasteiger partial charge on any atom is 0.261 e. The molecular weight excluding hydrogens is 484 g/mol. The summed E-state index contributed by atoms with van der Waals surface area (Å²) >= 11 is 10.6. The molecule has 9 heteroatoms. The van der Waals surface area contributed by atoms with Gasteiger partial charge in [-0.2, -0.15) is 0 Å². The lowest BCUT2D eigenvalue weighted by molar-refractivity contribution is 0.0985. The molecule has 0 fully saturated rings. The van der Waals surface area contributed by atoms with E-state index >= 15 is 0 Å². The second kappa shape index (κ2) is 8.14. The van der Waals surface area contributed by atoms with E-state index in [1.54, 1.807) is 36.7 Å². The van der Waals surface area contributed by atoms with E-state index < -0.39 is 17.5 Å². The average Bonchev–Trinajstić information content (AvgIpc) is 3.12. The van der Waals surface area contributed by atoms with Gasteiger partial charge in [0.05, 0.1) is 21.8 Å². The van der Waals surface area contributed by atoms with Crippen molar-refractivity contribution < 1.29 is 13.6 Å². The van der Waals surface area contributed by atoms with Crippen molar-refractivity contribution in [2.24, 2.45) is 0 Å². The van der Waals surface area contributed by atoms with Crippen molar-refractivity contribution in [3.63, 3.8) is 0 Å². The molecule has 0 aliphatic heterocycles. The maximum absolute atomic E-state index is 14.2. The van der Waals surface area contributed by atoms with Crippen LogP contribution >= 0.6 is 38.9 Å². The lowest BCUT2D eigenvalue weighted by atomic mass is 10.2. The Kier molecular flexibility index (Phi) is 5.58. The number of halogens is 4. The van der Waals surface area contributed by atoms with Crippen molar-refractivity contribution in [2.45, 2.75) is 6.54 Å². The highest BCUT2D eigenvalue weighted by Crippen LogP contribution is 2.34. The zero-order valence-electron chi connectivity index (χ0n) is 14.6. The number of hydrogen-bond acceptors (Lipinski definition) is 4. The van der Waals surface area contributed by atoms with Crippen LogP contribution in [0.5, 0.6) is 0 Å². The minimum atomic E-state index is -0.781. The molecule has 0 atom stereocenters. The predicted octanol–water partition coefficient (Wildman–Crippen LogP) is 6.23. The summed E-state index contributed by atoms with van der Waals surface area (Å²) < 4.78 is 28.7. The molecule has 0 unspecified atom stereocenters. The van der Waals surface area contributed by atoms with Crippen LogP contribution in [0.25, 0.3) is 10.2 Å². The van der Waals surface area contributed by atoms with Crippen LogP contribution in [-0.4, -0.2) is 15.9 Å². The SMILES string of the molecule is O=C(c1cc(Br)ccc1Cl)N(Cc1cccnc1)c1nc2c(F)cc(F)cc2s1. The van der Waals surface area contributed by atoms with Gasteiger partial charge in [0, 0.05) is 22.9 Å². The maximum atomic E-state index is 14.2. The van der Waals surface area contributed by atoms with Crippen molar-refractivity contribution in [1.29, 1.82) is 0 Å². The molecule has 0 aliphatic rings. The number of nitrogens with zero attached hydrogens (tertiary/aromatic N) is 3. The number of benzene rings is 2. The highest BCUT2D eigenvalue weighted by molar-refractivity contribution is 9.10. The van der Waals surface area contributed by atoms with Gasteiger partial charge >= 0.3 is 0 Å². The van der Waals surface area contributed by atoms with E-state index in [-0.39, 0.29) is 27.8 Å². The third kappa shape index (κ3) is 4.14. The molecule has 2 aromatic heterocycles. The predicted molar refractivity (Wildman–Crippen MR) is 113 cm³/mol. The Bertz CT molecular complexity index is 1220. The summed E-state index contributed by atoms with van der Waals surface area (Å²) in [7, 11) is 0. The molecule has 1 amide bonds. The molecule has 146 valence electrons. The molecule has 29 heavy (non-hydrogen) atoms. The van der Waals surface area contributed by atoms with E-state index in [9.17, 15) is 13.6 Å². The number of amides is 1. The second-order valence-corrected chi connectivity index (χ2v) is 8.44. The van der Waals surface area contributed by atoms with Crippen molar-refractivity contribution in [1.82, 2.24) is 9.97 Å². The molecule has 0 aliphatic carbocycles. The van der Waals surface area contributed by atoms with E-state index in [0.29, 0.717) is 9.17 Å². The van der Waals surface area contributed by atoms with Crippen molar-refractivity contribution in [2.75, 3.05) is 4.90 Å². The van der Waals surface area contributed by atoms with Gasteiger partial charge in [-0.3, -0.25) is 14.7 Å². The smallest absolute Gasteiger partial charge is 0.261 e. The van der Waals surface area contributed by atoms with Crippen LogP contribution in [-0.2, 0) is 6.54 Å². The molecule has 4 rings (SSSR count). The molecule has 0 saturated carbocycles. The Morgan fingerprint density at radius 2 is 2.03 bits per heavy atom. The van der Waals surface area contributed by atoms with Gasteiger partial charge in [-0.1, -0.05) is 44.9 Å². The van der Waals surface area contributed by atoms with E-state index in [1.807, 2.05) is 6.07 Å². The molecule has 0 spiro atoms. The third-order valence-electron chi connectivity index (χ3n) is 4.10. The topological polar surface area (TPSA) is 46.1 Å². The number of fused-ring (bicyclic) bond motifs is 1. The number of hydrogen-bond donors (Lipinski definition) is 0. The summed E-state index contributed by atoms with van der Waals surface area (Å²) in [5, 5.41) is 0.502. The highest BCUT2D eigenvalue weighted by atomic mass is 79.9. The van der Waals surface area contributed by atoms with Crippen LogP contribution in [0.3, 0.4) is 0 Å². The first-order chi connectivity index (χ1) is 13.9. The molecule has 4 aromatic rings. The molecule has 0 radical (unpaired) electrons. The summed E-state index contributed by atoms with van der Waals surface area (Å²) in [6, 6.07) is 10.5. The zero-order chi connectivity index (χ0) is 20.5. The highest BCUT2D eigenvalue weighted by Gasteiger charge is 2.25. The van der Waals surface area contributed by atoms with Gasteiger partial charge in [0.1, 0.15) is 11.3 Å². The summed E-state index contributed by atoms with van der Waals surface area (Å²) in [4.78, 5) is 23.1. The van der Waals surface area contributed by atoms with E-state index in [0.717, 1.165) is 23.0 Å². The van der Waals surface area contributed by atoms with Crippen molar-refractivity contribution in [3.05, 3.63) is 87.1 Å². The van der Waals surface area contributed by atoms with Gasteiger partial charge in [-0.15, -0.1) is 0 Å². The second-order valence-electron chi connectivity index (χ2n) is 6.11. The largest absolute Gasteiger partial charge is 0.279 e. The standard InChI is InChI=1S/C20H11BrClF2N3OS/c21-12-3-4-15(22)14(6-12)19(28)27(10-11-2-1-5-25-9-11)20-26-18-16(24)7-13(23)8-17(18)29-20/h1-9H,10H2. The summed E-state index contributed by atoms with van der Waals surface area (Å²) in [5.74, 6) is -1.90. The molecular formula is C20H11BrClF2N3OS.